The van der Waals surface area contributed by atoms with Crippen LogP contribution in [0.4, 0.5) is 0 Å². The minimum absolute atomic E-state index is 0.121. The Bertz CT molecular complexity index is 747. The molecule has 0 aliphatic heterocycles. The van der Waals surface area contributed by atoms with Gasteiger partial charge in [-0.2, -0.15) is 0 Å². The Balaban J connectivity index is 2.01. The third-order valence-electron chi connectivity index (χ3n) is 3.62. The summed E-state index contributed by atoms with van der Waals surface area (Å²) in [7, 11) is 0. The van der Waals surface area contributed by atoms with Gasteiger partial charge in [0, 0.05) is 4.47 Å². The van der Waals surface area contributed by atoms with E-state index in [1.165, 1.54) is 0 Å². The molecular weight excluding hydrogens is 406 g/mol. The smallest absolute Gasteiger partial charge is 0.329 e. The summed E-state index contributed by atoms with van der Waals surface area (Å²) in [4.78, 5) is 24.8. The van der Waals surface area contributed by atoms with Crippen molar-refractivity contribution >= 4 is 39.4 Å². The highest BCUT2D eigenvalue weighted by atomic mass is 79.9. The summed E-state index contributed by atoms with van der Waals surface area (Å²) in [6, 6.07) is 13.4. The standard InChI is InChI=1S/C19H19BrClNO3/c1-12(2)17(22-18(23)15-5-3-4-6-16(15)21)19(24)25-11-13-7-9-14(20)10-8-13/h3-10,12,17H,11H2,1-2H3,(H,22,23)/t17-/m1/s1. The summed E-state index contributed by atoms with van der Waals surface area (Å²) in [6.07, 6.45) is 0. The number of ether oxygens (including phenoxy) is 1. The van der Waals surface area contributed by atoms with Gasteiger partial charge in [-0.1, -0.05) is 65.6 Å². The fourth-order valence-corrected chi connectivity index (χ4v) is 2.67. The summed E-state index contributed by atoms with van der Waals surface area (Å²) < 4.78 is 6.31. The topological polar surface area (TPSA) is 55.4 Å². The first-order valence-corrected chi connectivity index (χ1v) is 9.02. The third kappa shape index (κ3) is 5.58. The number of benzene rings is 2. The van der Waals surface area contributed by atoms with E-state index in [4.69, 9.17) is 16.3 Å². The predicted octanol–water partition coefficient (Wildman–Crippen LogP) is 4.60. The van der Waals surface area contributed by atoms with Gasteiger partial charge in [0.2, 0.25) is 0 Å². The van der Waals surface area contributed by atoms with Crippen molar-refractivity contribution in [3.63, 3.8) is 0 Å². The fourth-order valence-electron chi connectivity index (χ4n) is 2.19. The van der Waals surface area contributed by atoms with Gasteiger partial charge >= 0.3 is 5.97 Å². The van der Waals surface area contributed by atoms with Crippen molar-refractivity contribution in [2.45, 2.75) is 26.5 Å². The Morgan fingerprint density at radius 2 is 1.76 bits per heavy atom. The molecule has 0 bridgehead atoms. The Morgan fingerprint density at radius 1 is 1.12 bits per heavy atom. The SMILES string of the molecule is CC(C)[C@@H](NC(=O)c1ccccc1Cl)C(=O)OCc1ccc(Br)cc1. The molecule has 4 nitrogen and oxygen atoms in total. The van der Waals surface area contributed by atoms with Gasteiger partial charge in [-0.15, -0.1) is 0 Å². The van der Waals surface area contributed by atoms with E-state index >= 15 is 0 Å². The predicted molar refractivity (Wildman–Crippen MR) is 101 cm³/mol. The molecule has 25 heavy (non-hydrogen) atoms. The van der Waals surface area contributed by atoms with Crippen LogP contribution in [0.25, 0.3) is 0 Å². The van der Waals surface area contributed by atoms with E-state index in [0.717, 1.165) is 10.0 Å². The van der Waals surface area contributed by atoms with Crippen LogP contribution in [0.5, 0.6) is 0 Å². The molecule has 2 aromatic carbocycles. The molecule has 2 aromatic rings. The van der Waals surface area contributed by atoms with Crippen LogP contribution in [0.2, 0.25) is 5.02 Å². The number of hydrogen-bond donors (Lipinski definition) is 1. The van der Waals surface area contributed by atoms with E-state index in [2.05, 4.69) is 21.2 Å². The number of nitrogens with one attached hydrogen (secondary N) is 1. The van der Waals surface area contributed by atoms with E-state index < -0.39 is 17.9 Å². The van der Waals surface area contributed by atoms with Crippen LogP contribution in [0.3, 0.4) is 0 Å². The Kier molecular flexibility index (Phi) is 7.02. The van der Waals surface area contributed by atoms with Crippen LogP contribution in [-0.4, -0.2) is 17.9 Å². The van der Waals surface area contributed by atoms with Crippen LogP contribution in [0.1, 0.15) is 29.8 Å². The zero-order valence-corrected chi connectivity index (χ0v) is 16.3. The van der Waals surface area contributed by atoms with E-state index in [0.29, 0.717) is 10.6 Å². The summed E-state index contributed by atoms with van der Waals surface area (Å²) >= 11 is 9.39. The molecule has 1 amide bonds. The van der Waals surface area contributed by atoms with Gasteiger partial charge in [0.15, 0.2) is 0 Å². The zero-order chi connectivity index (χ0) is 18.4. The average molecular weight is 425 g/mol. The number of esters is 1. The van der Waals surface area contributed by atoms with E-state index in [1.54, 1.807) is 24.3 Å². The number of rotatable bonds is 6. The van der Waals surface area contributed by atoms with Crippen molar-refractivity contribution in [2.24, 2.45) is 5.92 Å². The molecule has 1 atom stereocenters. The van der Waals surface area contributed by atoms with Gasteiger partial charge in [-0.05, 0) is 35.7 Å². The quantitative estimate of drug-likeness (QED) is 0.690. The number of carbonyl (C=O) groups excluding carboxylic acids is 2. The molecule has 0 fully saturated rings. The van der Waals surface area contributed by atoms with Gasteiger partial charge in [0.25, 0.3) is 5.91 Å². The van der Waals surface area contributed by atoms with Crippen molar-refractivity contribution in [3.05, 3.63) is 69.2 Å². The fraction of sp³-hybridized carbons (Fsp3) is 0.263. The lowest BCUT2D eigenvalue weighted by Gasteiger charge is -2.21. The molecule has 0 unspecified atom stereocenters. The second kappa shape index (κ2) is 9.02. The van der Waals surface area contributed by atoms with Crippen LogP contribution < -0.4 is 5.32 Å². The zero-order valence-electron chi connectivity index (χ0n) is 14.0. The van der Waals surface area contributed by atoms with Gasteiger partial charge in [0.05, 0.1) is 10.6 Å². The molecule has 0 radical (unpaired) electrons. The third-order valence-corrected chi connectivity index (χ3v) is 4.48. The summed E-state index contributed by atoms with van der Waals surface area (Å²) in [5, 5.41) is 3.05. The molecule has 0 aromatic heterocycles. The first-order chi connectivity index (χ1) is 11.9. The average Bonchev–Trinajstić information content (AvgIpc) is 2.58. The van der Waals surface area contributed by atoms with Crippen molar-refractivity contribution < 1.29 is 14.3 Å². The second-order valence-corrected chi connectivity index (χ2v) is 7.23. The van der Waals surface area contributed by atoms with Crippen LogP contribution in [-0.2, 0) is 16.1 Å². The molecule has 0 saturated heterocycles. The lowest BCUT2D eigenvalue weighted by molar-refractivity contribution is -0.148. The maximum absolute atomic E-state index is 12.4. The van der Waals surface area contributed by atoms with E-state index in [-0.39, 0.29) is 12.5 Å². The molecule has 0 heterocycles. The molecule has 0 aliphatic carbocycles. The maximum atomic E-state index is 12.4. The molecule has 0 spiro atoms. The van der Waals surface area contributed by atoms with Crippen LogP contribution in [0.15, 0.2) is 53.0 Å². The second-order valence-electron chi connectivity index (χ2n) is 5.91. The molecule has 132 valence electrons. The normalized spacial score (nSPS) is 11.9. The minimum atomic E-state index is -0.751. The van der Waals surface area contributed by atoms with E-state index in [9.17, 15) is 9.59 Å². The largest absolute Gasteiger partial charge is 0.459 e. The lowest BCUT2D eigenvalue weighted by atomic mass is 10.0. The monoisotopic (exact) mass is 423 g/mol. The van der Waals surface area contributed by atoms with Crippen molar-refractivity contribution in [1.82, 2.24) is 5.32 Å². The Labute approximate surface area is 160 Å². The van der Waals surface area contributed by atoms with Gasteiger partial charge in [0.1, 0.15) is 12.6 Å². The van der Waals surface area contributed by atoms with Crippen LogP contribution >= 0.6 is 27.5 Å². The highest BCUT2D eigenvalue weighted by Crippen LogP contribution is 2.16. The molecular formula is C19H19BrClNO3. The summed E-state index contributed by atoms with van der Waals surface area (Å²) in [5.41, 5.74) is 1.20. The van der Waals surface area contributed by atoms with Crippen molar-refractivity contribution in [1.29, 1.82) is 0 Å². The van der Waals surface area contributed by atoms with Gasteiger partial charge in [-0.3, -0.25) is 4.79 Å². The van der Waals surface area contributed by atoms with Crippen LogP contribution in [0, 0.1) is 5.92 Å². The van der Waals surface area contributed by atoms with Crippen molar-refractivity contribution in [3.8, 4) is 0 Å². The molecule has 0 aliphatic rings. The summed E-state index contributed by atoms with van der Waals surface area (Å²) in [6.45, 7) is 3.84. The molecule has 0 saturated carbocycles. The molecule has 6 heteroatoms. The first-order valence-electron chi connectivity index (χ1n) is 7.85. The molecule has 1 N–H and O–H groups in total. The Hall–Kier alpha value is -1.85. The maximum Gasteiger partial charge on any atom is 0.329 e. The first kappa shape index (κ1) is 19.5. The lowest BCUT2D eigenvalue weighted by Crippen LogP contribution is -2.45. The summed E-state index contributed by atoms with van der Waals surface area (Å²) in [5.74, 6) is -0.993. The highest BCUT2D eigenvalue weighted by Gasteiger charge is 2.26. The molecule has 2 rings (SSSR count). The van der Waals surface area contributed by atoms with E-state index in [1.807, 2.05) is 38.1 Å². The number of carbonyl (C=O) groups is 2. The van der Waals surface area contributed by atoms with Crippen molar-refractivity contribution in [2.75, 3.05) is 0 Å². The number of hydrogen-bond acceptors (Lipinski definition) is 3. The van der Waals surface area contributed by atoms with Gasteiger partial charge < -0.3 is 10.1 Å². The van der Waals surface area contributed by atoms with Gasteiger partial charge in [-0.25, -0.2) is 4.79 Å². The Morgan fingerprint density at radius 3 is 2.36 bits per heavy atom. The highest BCUT2D eigenvalue weighted by molar-refractivity contribution is 9.10. The minimum Gasteiger partial charge on any atom is -0.459 e. The number of halogens is 2. The number of amides is 1.